The molecule has 1 fully saturated rings. The van der Waals surface area contributed by atoms with E-state index in [0.717, 1.165) is 42.7 Å². The van der Waals surface area contributed by atoms with Crippen LogP contribution in [-0.2, 0) is 9.53 Å². The van der Waals surface area contributed by atoms with E-state index in [1.807, 2.05) is 27.7 Å². The summed E-state index contributed by atoms with van der Waals surface area (Å²) in [4.78, 5) is 16.1. The molecule has 1 N–H and O–H groups in total. The molecule has 33 heavy (non-hydrogen) atoms. The van der Waals surface area contributed by atoms with E-state index in [1.54, 1.807) is 31.3 Å². The number of hydrogen-bond acceptors (Lipinski definition) is 4. The molecule has 7 heteroatoms. The summed E-state index contributed by atoms with van der Waals surface area (Å²) < 4.78 is 32.6. The normalized spacial score (nSPS) is 17.6. The molecule has 2 rings (SSSR count). The number of carbonyl (C=O) groups excluding carboxylic acids is 1. The van der Waals surface area contributed by atoms with Crippen molar-refractivity contribution in [2.75, 3.05) is 25.5 Å². The summed E-state index contributed by atoms with van der Waals surface area (Å²) in [6, 6.07) is 3.54. The Morgan fingerprint density at radius 2 is 2.00 bits per heavy atom. The number of rotatable bonds is 8. The van der Waals surface area contributed by atoms with Crippen molar-refractivity contribution in [1.29, 1.82) is 0 Å². The predicted molar refractivity (Wildman–Crippen MR) is 133 cm³/mol. The largest absolute Gasteiger partial charge is 0.375 e. The second kappa shape index (κ2) is 17.0. The average molecular weight is 466 g/mol. The number of likely N-dealkylation sites (tertiary alicyclic amines) is 1. The van der Waals surface area contributed by atoms with Crippen molar-refractivity contribution in [3.8, 4) is 0 Å². The molecule has 1 aromatic rings. The molecule has 1 saturated heterocycles. The number of hydrogen-bond donors (Lipinski definition) is 1. The first kappa shape index (κ1) is 30.5. The molecule has 1 aromatic heterocycles. The second-order valence-corrected chi connectivity index (χ2v) is 7.85. The summed E-state index contributed by atoms with van der Waals surface area (Å²) in [5.41, 5.74) is 2.61. The number of anilines is 1. The average Bonchev–Trinajstić information content (AvgIpc) is 3.30. The van der Waals surface area contributed by atoms with E-state index in [0.29, 0.717) is 18.2 Å². The van der Waals surface area contributed by atoms with Crippen LogP contribution in [0.15, 0.2) is 53.9 Å². The Morgan fingerprint density at radius 1 is 1.33 bits per heavy atom. The van der Waals surface area contributed by atoms with Crippen LogP contribution in [0.2, 0.25) is 0 Å². The summed E-state index contributed by atoms with van der Waals surface area (Å²) in [5, 5.41) is 2.53. The molecule has 1 aliphatic rings. The summed E-state index contributed by atoms with van der Waals surface area (Å²) in [6.45, 7) is 15.8. The monoisotopic (exact) mass is 465 g/mol. The van der Waals surface area contributed by atoms with Crippen LogP contribution in [0.1, 0.15) is 53.7 Å². The van der Waals surface area contributed by atoms with Gasteiger partial charge in [-0.1, -0.05) is 33.8 Å². The van der Waals surface area contributed by atoms with E-state index >= 15 is 0 Å². The number of aryl methyl sites for hydroxylation is 1. The molecule has 2 unspecified atom stereocenters. The van der Waals surface area contributed by atoms with Crippen molar-refractivity contribution < 1.29 is 18.3 Å². The van der Waals surface area contributed by atoms with Gasteiger partial charge < -0.3 is 15.0 Å². The van der Waals surface area contributed by atoms with E-state index in [9.17, 15) is 13.6 Å². The van der Waals surface area contributed by atoms with E-state index in [4.69, 9.17) is 4.74 Å². The third kappa shape index (κ3) is 11.2. The number of amides is 1. The lowest BCUT2D eigenvalue weighted by Crippen LogP contribution is -2.22. The van der Waals surface area contributed by atoms with Crippen LogP contribution in [0.25, 0.3) is 0 Å². The Morgan fingerprint density at radius 3 is 2.48 bits per heavy atom. The molecule has 2 heterocycles. The Bertz CT molecular complexity index is 791. The molecule has 0 aliphatic carbocycles. The van der Waals surface area contributed by atoms with Gasteiger partial charge in [0.2, 0.25) is 6.41 Å². The van der Waals surface area contributed by atoms with Gasteiger partial charge in [0, 0.05) is 43.5 Å². The molecule has 186 valence electrons. The number of allylic oxidation sites excluding steroid dienone is 4. The zero-order valence-corrected chi connectivity index (χ0v) is 21.4. The van der Waals surface area contributed by atoms with Gasteiger partial charge in [0.25, 0.3) is 0 Å². The van der Waals surface area contributed by atoms with Crippen molar-refractivity contribution in [1.82, 2.24) is 9.88 Å². The van der Waals surface area contributed by atoms with Gasteiger partial charge in [-0.25, -0.2) is 8.78 Å². The van der Waals surface area contributed by atoms with Crippen LogP contribution in [0.4, 0.5) is 14.5 Å². The van der Waals surface area contributed by atoms with Crippen molar-refractivity contribution in [3.05, 3.63) is 59.6 Å². The molecule has 2 atom stereocenters. The molecular weight excluding hydrogens is 424 g/mol. The van der Waals surface area contributed by atoms with E-state index in [2.05, 4.69) is 29.0 Å². The fourth-order valence-electron chi connectivity index (χ4n) is 3.29. The van der Waals surface area contributed by atoms with Crippen molar-refractivity contribution in [2.24, 2.45) is 11.8 Å². The zero-order chi connectivity index (χ0) is 25.4. The quantitative estimate of drug-likeness (QED) is 0.347. The maximum absolute atomic E-state index is 14.0. The highest BCUT2D eigenvalue weighted by Gasteiger charge is 2.26. The SMILES string of the molecule is C/C=C\C(F)=C(\F)C(C=C(C)N1CCC(C(C)C)C1)OC.CC.Cc1cc(NC=O)ccn1. The minimum Gasteiger partial charge on any atom is -0.375 e. The molecule has 0 radical (unpaired) electrons. The van der Waals surface area contributed by atoms with E-state index in [-0.39, 0.29) is 0 Å². The molecule has 5 nitrogen and oxygen atoms in total. The number of nitrogens with one attached hydrogen (secondary N) is 1. The van der Waals surface area contributed by atoms with Gasteiger partial charge in [-0.05, 0) is 63.3 Å². The number of carbonyl (C=O) groups is 1. The van der Waals surface area contributed by atoms with Crippen LogP contribution in [0.3, 0.4) is 0 Å². The first-order chi connectivity index (χ1) is 15.7. The summed E-state index contributed by atoms with van der Waals surface area (Å²) >= 11 is 0. The fourth-order valence-corrected chi connectivity index (χ4v) is 3.29. The van der Waals surface area contributed by atoms with Crippen molar-refractivity contribution >= 4 is 12.1 Å². The van der Waals surface area contributed by atoms with Gasteiger partial charge in [-0.3, -0.25) is 9.78 Å². The Kier molecular flexibility index (Phi) is 15.7. The maximum atomic E-state index is 14.0. The minimum atomic E-state index is -0.973. The van der Waals surface area contributed by atoms with Crippen LogP contribution < -0.4 is 5.32 Å². The fraction of sp³-hybridized carbons (Fsp3) is 0.538. The van der Waals surface area contributed by atoms with E-state index in [1.165, 1.54) is 13.2 Å². The van der Waals surface area contributed by atoms with Crippen LogP contribution in [0.5, 0.6) is 0 Å². The standard InChI is InChI=1S/C17H27F2NO.C7H8N2O.C2H6/c1-6-7-15(18)17(19)16(21-5)10-13(4)20-9-8-14(11-20)12(2)3;1-6-4-7(9-5-10)2-3-8-6;1-2/h6-7,10,12,14,16H,8-9,11H2,1-5H3;2-5H,1H3,(H,8,9,10);1-2H3/b7-6-,13-10?,17-15-;;. The summed E-state index contributed by atoms with van der Waals surface area (Å²) in [7, 11) is 1.39. The number of aromatic nitrogens is 1. The van der Waals surface area contributed by atoms with Crippen molar-refractivity contribution in [3.63, 3.8) is 0 Å². The molecule has 0 saturated carbocycles. The number of methoxy groups -OCH3 is 1. The van der Waals surface area contributed by atoms with Crippen molar-refractivity contribution in [2.45, 2.75) is 61.0 Å². The molecule has 1 aliphatic heterocycles. The van der Waals surface area contributed by atoms with Gasteiger partial charge in [0.1, 0.15) is 6.10 Å². The molecule has 0 spiro atoms. The van der Waals surface area contributed by atoms with Gasteiger partial charge >= 0.3 is 0 Å². The summed E-state index contributed by atoms with van der Waals surface area (Å²) in [5.74, 6) is -0.455. The molecule has 0 bridgehead atoms. The smallest absolute Gasteiger partial charge is 0.211 e. The maximum Gasteiger partial charge on any atom is 0.211 e. The van der Waals surface area contributed by atoms with Gasteiger partial charge in [-0.15, -0.1) is 0 Å². The van der Waals surface area contributed by atoms with Gasteiger partial charge in [-0.2, -0.15) is 0 Å². The molecule has 1 amide bonds. The van der Waals surface area contributed by atoms with Crippen LogP contribution >= 0.6 is 0 Å². The lowest BCUT2D eigenvalue weighted by Gasteiger charge is -2.22. The van der Waals surface area contributed by atoms with Crippen LogP contribution in [-0.4, -0.2) is 42.6 Å². The predicted octanol–water partition coefficient (Wildman–Crippen LogP) is 6.59. The molecular formula is C26H41F2N3O2. The highest BCUT2D eigenvalue weighted by molar-refractivity contribution is 5.70. The number of nitrogens with zero attached hydrogens (tertiary/aromatic N) is 2. The highest BCUT2D eigenvalue weighted by atomic mass is 19.2. The first-order valence-corrected chi connectivity index (χ1v) is 11.5. The second-order valence-electron chi connectivity index (χ2n) is 7.85. The zero-order valence-electron chi connectivity index (χ0n) is 21.4. The first-order valence-electron chi connectivity index (χ1n) is 11.5. The number of ether oxygens (including phenoxy) is 1. The highest BCUT2D eigenvalue weighted by Crippen LogP contribution is 2.27. The topological polar surface area (TPSA) is 54.5 Å². The van der Waals surface area contributed by atoms with Gasteiger partial charge in [0.05, 0.1) is 0 Å². The lowest BCUT2D eigenvalue weighted by atomic mass is 9.95. The Balaban J connectivity index is 0.000000709. The third-order valence-corrected chi connectivity index (χ3v) is 5.23. The van der Waals surface area contributed by atoms with E-state index < -0.39 is 17.8 Å². The van der Waals surface area contributed by atoms with Crippen LogP contribution in [0, 0.1) is 18.8 Å². The molecule has 0 aromatic carbocycles. The summed E-state index contributed by atoms with van der Waals surface area (Å²) in [6.07, 6.45) is 6.70. The van der Waals surface area contributed by atoms with Gasteiger partial charge in [0.15, 0.2) is 11.7 Å². The Labute approximate surface area is 198 Å². The lowest BCUT2D eigenvalue weighted by molar-refractivity contribution is -0.105. The number of pyridine rings is 1. The number of halogens is 2. The third-order valence-electron chi connectivity index (χ3n) is 5.23. The minimum absolute atomic E-state index is 0.643. The Hall–Kier alpha value is -2.54.